The minimum Gasteiger partial charge on any atom is -0.494 e. The molecule has 178 valence electrons. The minimum atomic E-state index is 0.0663. The van der Waals surface area contributed by atoms with Crippen LogP contribution in [0.3, 0.4) is 0 Å². The van der Waals surface area contributed by atoms with Crippen LogP contribution in [0.15, 0.2) is 79.6 Å². The number of imidazole rings is 1. The molecule has 1 aliphatic rings. The van der Waals surface area contributed by atoms with Crippen molar-refractivity contribution in [2.75, 3.05) is 37.7 Å². The largest absolute Gasteiger partial charge is 0.494 e. The number of aromatic nitrogens is 4. The number of anilines is 1. The molecule has 0 N–H and O–H groups in total. The lowest BCUT2D eigenvalue weighted by Crippen LogP contribution is -2.49. The molecular formula is C27H28N6O2. The highest BCUT2D eigenvalue weighted by Crippen LogP contribution is 2.24. The van der Waals surface area contributed by atoms with Crippen LogP contribution in [0.25, 0.3) is 11.3 Å². The van der Waals surface area contributed by atoms with Crippen LogP contribution in [-0.4, -0.2) is 63.1 Å². The van der Waals surface area contributed by atoms with Gasteiger partial charge in [-0.25, -0.2) is 15.0 Å². The number of nitrogens with zero attached hydrogens (tertiary/aromatic N) is 6. The molecule has 0 saturated carbocycles. The van der Waals surface area contributed by atoms with Crippen LogP contribution >= 0.6 is 0 Å². The quantitative estimate of drug-likeness (QED) is 0.411. The molecular weight excluding hydrogens is 440 g/mol. The van der Waals surface area contributed by atoms with E-state index >= 15 is 0 Å². The predicted molar refractivity (Wildman–Crippen MR) is 135 cm³/mol. The topological polar surface area (TPSA) is 76.4 Å². The van der Waals surface area contributed by atoms with Crippen LogP contribution in [-0.2, 0) is 6.54 Å². The second kappa shape index (κ2) is 10.4. The van der Waals surface area contributed by atoms with Crippen molar-refractivity contribution in [2.45, 2.75) is 13.5 Å². The van der Waals surface area contributed by atoms with Gasteiger partial charge in [-0.3, -0.25) is 4.79 Å². The number of benzene rings is 2. The second-order valence-corrected chi connectivity index (χ2v) is 8.43. The van der Waals surface area contributed by atoms with E-state index in [9.17, 15) is 4.79 Å². The number of carbonyl (C=O) groups excluding carboxylic acids is 1. The van der Waals surface area contributed by atoms with E-state index in [2.05, 4.69) is 19.9 Å². The minimum absolute atomic E-state index is 0.0663. The van der Waals surface area contributed by atoms with E-state index in [1.807, 2.05) is 77.2 Å². The molecule has 8 heteroatoms. The predicted octanol–water partition coefficient (Wildman–Crippen LogP) is 3.75. The Morgan fingerprint density at radius 2 is 1.74 bits per heavy atom. The summed E-state index contributed by atoms with van der Waals surface area (Å²) < 4.78 is 7.53. The third-order valence-electron chi connectivity index (χ3n) is 6.13. The highest BCUT2D eigenvalue weighted by atomic mass is 16.5. The summed E-state index contributed by atoms with van der Waals surface area (Å²) in [6.07, 6.45) is 7.08. The van der Waals surface area contributed by atoms with Gasteiger partial charge in [0.25, 0.3) is 5.91 Å². The second-order valence-electron chi connectivity index (χ2n) is 8.43. The van der Waals surface area contributed by atoms with Crippen molar-refractivity contribution in [1.82, 2.24) is 24.4 Å². The molecule has 0 bridgehead atoms. The Morgan fingerprint density at radius 3 is 2.43 bits per heavy atom. The molecule has 2 aromatic carbocycles. The Balaban J connectivity index is 1.19. The lowest BCUT2D eigenvalue weighted by Gasteiger charge is -2.35. The number of hydrogen-bond donors (Lipinski definition) is 0. The molecule has 1 fully saturated rings. The number of ether oxygens (including phenoxy) is 1. The Bertz CT molecular complexity index is 1250. The molecule has 4 aromatic rings. The summed E-state index contributed by atoms with van der Waals surface area (Å²) in [7, 11) is 0. The Morgan fingerprint density at radius 1 is 0.971 bits per heavy atom. The zero-order chi connectivity index (χ0) is 24.0. The van der Waals surface area contributed by atoms with Crippen molar-refractivity contribution in [3.63, 3.8) is 0 Å². The van der Waals surface area contributed by atoms with E-state index in [1.54, 1.807) is 18.9 Å². The lowest BCUT2D eigenvalue weighted by atomic mass is 10.1. The molecule has 0 atom stereocenters. The van der Waals surface area contributed by atoms with Gasteiger partial charge in [0.15, 0.2) is 0 Å². The highest BCUT2D eigenvalue weighted by Gasteiger charge is 2.23. The molecule has 2 aromatic heterocycles. The Kier molecular flexibility index (Phi) is 6.70. The van der Waals surface area contributed by atoms with E-state index in [0.717, 1.165) is 48.0 Å². The third-order valence-corrected chi connectivity index (χ3v) is 6.13. The first-order chi connectivity index (χ1) is 17.2. The van der Waals surface area contributed by atoms with Gasteiger partial charge in [0, 0.05) is 62.3 Å². The summed E-state index contributed by atoms with van der Waals surface area (Å²) in [6, 6.07) is 17.8. The summed E-state index contributed by atoms with van der Waals surface area (Å²) in [5.74, 6) is 1.79. The van der Waals surface area contributed by atoms with Gasteiger partial charge >= 0.3 is 0 Å². The SMILES string of the molecule is CCOc1ccc(-c2cc(N3CCN(C(=O)c4ccc(Cn5ccnc5)cc4)CC3)ncn2)cc1. The maximum Gasteiger partial charge on any atom is 0.253 e. The van der Waals surface area contributed by atoms with Crippen LogP contribution < -0.4 is 9.64 Å². The number of hydrogen-bond acceptors (Lipinski definition) is 6. The molecule has 3 heterocycles. The standard InChI is InChI=1S/C27H28N6O2/c1-2-35-24-9-7-22(8-10-24)25-17-26(30-19-29-25)32-13-15-33(16-14-32)27(34)23-5-3-21(4-6-23)18-31-12-11-28-20-31/h3-12,17,19-20H,2,13-16,18H2,1H3. The Hall–Kier alpha value is -4.20. The zero-order valence-corrected chi connectivity index (χ0v) is 19.7. The van der Waals surface area contributed by atoms with Crippen LogP contribution in [0.2, 0.25) is 0 Å². The van der Waals surface area contributed by atoms with Crippen molar-refractivity contribution in [2.24, 2.45) is 0 Å². The molecule has 1 aliphatic heterocycles. The molecule has 1 saturated heterocycles. The highest BCUT2D eigenvalue weighted by molar-refractivity contribution is 5.94. The maximum atomic E-state index is 13.0. The van der Waals surface area contributed by atoms with Gasteiger partial charge in [-0.15, -0.1) is 0 Å². The average Bonchev–Trinajstić information content (AvgIpc) is 3.43. The first kappa shape index (κ1) is 22.6. The first-order valence-corrected chi connectivity index (χ1v) is 11.8. The van der Waals surface area contributed by atoms with Crippen LogP contribution in [0.5, 0.6) is 5.75 Å². The smallest absolute Gasteiger partial charge is 0.253 e. The zero-order valence-electron chi connectivity index (χ0n) is 19.7. The lowest BCUT2D eigenvalue weighted by molar-refractivity contribution is 0.0746. The van der Waals surface area contributed by atoms with Crippen LogP contribution in [0, 0.1) is 0 Å². The summed E-state index contributed by atoms with van der Waals surface area (Å²) in [6.45, 7) is 6.11. The van der Waals surface area contributed by atoms with E-state index in [1.165, 1.54) is 0 Å². The molecule has 5 rings (SSSR count). The monoisotopic (exact) mass is 468 g/mol. The van der Waals surface area contributed by atoms with E-state index in [0.29, 0.717) is 25.3 Å². The molecule has 1 amide bonds. The van der Waals surface area contributed by atoms with E-state index < -0.39 is 0 Å². The Labute approximate surface area is 204 Å². The molecule has 35 heavy (non-hydrogen) atoms. The summed E-state index contributed by atoms with van der Waals surface area (Å²) in [4.78, 5) is 30.2. The van der Waals surface area contributed by atoms with Crippen LogP contribution in [0.1, 0.15) is 22.8 Å². The summed E-state index contributed by atoms with van der Waals surface area (Å²) >= 11 is 0. The fourth-order valence-corrected chi connectivity index (χ4v) is 4.23. The van der Waals surface area contributed by atoms with Gasteiger partial charge in [0.1, 0.15) is 17.9 Å². The molecule has 0 unspecified atom stereocenters. The van der Waals surface area contributed by atoms with Crippen molar-refractivity contribution in [3.05, 3.63) is 90.8 Å². The van der Waals surface area contributed by atoms with Crippen molar-refractivity contribution < 1.29 is 9.53 Å². The van der Waals surface area contributed by atoms with Crippen molar-refractivity contribution >= 4 is 11.7 Å². The van der Waals surface area contributed by atoms with Gasteiger partial charge < -0.3 is 19.1 Å². The maximum absolute atomic E-state index is 13.0. The normalized spacial score (nSPS) is 13.6. The van der Waals surface area contributed by atoms with Gasteiger partial charge in [0.2, 0.25) is 0 Å². The van der Waals surface area contributed by atoms with Gasteiger partial charge in [-0.2, -0.15) is 0 Å². The number of carbonyl (C=O) groups is 1. The number of piperazine rings is 1. The van der Waals surface area contributed by atoms with E-state index in [4.69, 9.17) is 4.74 Å². The van der Waals surface area contributed by atoms with Crippen molar-refractivity contribution in [3.8, 4) is 17.0 Å². The van der Waals surface area contributed by atoms with E-state index in [-0.39, 0.29) is 5.91 Å². The summed E-state index contributed by atoms with van der Waals surface area (Å²) in [5.41, 5.74) is 3.74. The first-order valence-electron chi connectivity index (χ1n) is 11.8. The average molecular weight is 469 g/mol. The molecule has 0 aliphatic carbocycles. The van der Waals surface area contributed by atoms with Gasteiger partial charge in [-0.05, 0) is 48.9 Å². The fourth-order valence-electron chi connectivity index (χ4n) is 4.23. The fraction of sp³-hybridized carbons (Fsp3) is 0.259. The number of rotatable bonds is 7. The summed E-state index contributed by atoms with van der Waals surface area (Å²) in [5, 5.41) is 0. The van der Waals surface area contributed by atoms with Crippen molar-refractivity contribution in [1.29, 1.82) is 0 Å². The molecule has 0 spiro atoms. The third kappa shape index (κ3) is 5.32. The van der Waals surface area contributed by atoms with Crippen LogP contribution in [0.4, 0.5) is 5.82 Å². The van der Waals surface area contributed by atoms with Gasteiger partial charge in [-0.1, -0.05) is 12.1 Å². The van der Waals surface area contributed by atoms with Gasteiger partial charge in [0.05, 0.1) is 18.6 Å². The molecule has 8 nitrogen and oxygen atoms in total. The molecule has 0 radical (unpaired) electrons. The number of amides is 1.